The van der Waals surface area contributed by atoms with Gasteiger partial charge in [-0.25, -0.2) is 4.98 Å². The number of anilines is 2. The van der Waals surface area contributed by atoms with Gasteiger partial charge in [0.05, 0.1) is 29.5 Å². The van der Waals surface area contributed by atoms with Gasteiger partial charge < -0.3 is 10.1 Å². The quantitative estimate of drug-likeness (QED) is 0.430. The van der Waals surface area contributed by atoms with Crippen molar-refractivity contribution in [3.8, 4) is 11.3 Å². The Morgan fingerprint density at radius 1 is 0.909 bits per heavy atom. The first-order valence-electron chi connectivity index (χ1n) is 11.1. The zero-order valence-electron chi connectivity index (χ0n) is 18.4. The van der Waals surface area contributed by atoms with Crippen LogP contribution in [-0.4, -0.2) is 15.8 Å². The molecule has 1 aliphatic rings. The molecular weight excluding hydrogens is 427 g/mol. The summed E-state index contributed by atoms with van der Waals surface area (Å²) in [5, 5.41) is 3.02. The van der Waals surface area contributed by atoms with Crippen molar-refractivity contribution in [3.63, 3.8) is 0 Å². The SMILES string of the molecule is CC(=O)CC1CCC(c2ccc(-c3ccc(Nc4ccc(C(F)(F)F)nc4)cn3)cc2)CC1. The van der Waals surface area contributed by atoms with Gasteiger partial charge in [-0.3, -0.25) is 4.98 Å². The number of benzene rings is 1. The summed E-state index contributed by atoms with van der Waals surface area (Å²) in [6, 6.07) is 14.5. The van der Waals surface area contributed by atoms with Crippen LogP contribution in [0.5, 0.6) is 0 Å². The number of nitrogens with zero attached hydrogens (tertiary/aromatic N) is 2. The molecule has 0 saturated heterocycles. The predicted octanol–water partition coefficient (Wildman–Crippen LogP) is 7.16. The second-order valence-electron chi connectivity index (χ2n) is 8.73. The number of Topliss-reactive ketones (excluding diaryl/α,β-unsaturated/α-hetero) is 1. The summed E-state index contributed by atoms with van der Waals surface area (Å²) in [5.41, 5.74) is 3.36. The average Bonchev–Trinajstić information content (AvgIpc) is 2.80. The lowest BCUT2D eigenvalue weighted by Crippen LogP contribution is -2.15. The van der Waals surface area contributed by atoms with Crippen LogP contribution in [0.1, 0.15) is 56.2 Å². The normalized spacial score (nSPS) is 18.7. The summed E-state index contributed by atoms with van der Waals surface area (Å²) in [7, 11) is 0. The van der Waals surface area contributed by atoms with Gasteiger partial charge in [-0.2, -0.15) is 13.2 Å². The van der Waals surface area contributed by atoms with Crippen LogP contribution in [-0.2, 0) is 11.0 Å². The lowest BCUT2D eigenvalue weighted by molar-refractivity contribution is -0.141. The third-order valence-corrected chi connectivity index (χ3v) is 6.21. The Kier molecular flexibility index (Phi) is 6.77. The molecule has 0 spiro atoms. The third kappa shape index (κ3) is 5.97. The van der Waals surface area contributed by atoms with Gasteiger partial charge in [-0.05, 0) is 74.3 Å². The minimum Gasteiger partial charge on any atom is -0.353 e. The number of nitrogens with one attached hydrogen (secondary N) is 1. The molecule has 0 unspecified atom stereocenters. The standard InChI is InChI=1S/C26H26F3N3O/c1-17(33)14-18-2-4-19(5-3-18)20-6-8-21(9-7-20)24-12-10-22(15-30-24)32-23-11-13-25(31-16-23)26(27,28)29/h6-13,15-16,18-19,32H,2-5,14H2,1H3. The van der Waals surface area contributed by atoms with Crippen LogP contribution in [0.4, 0.5) is 24.5 Å². The van der Waals surface area contributed by atoms with Crippen LogP contribution < -0.4 is 5.32 Å². The van der Waals surface area contributed by atoms with Crippen molar-refractivity contribution in [2.45, 2.75) is 51.1 Å². The maximum absolute atomic E-state index is 12.6. The molecule has 4 nitrogen and oxygen atoms in total. The summed E-state index contributed by atoms with van der Waals surface area (Å²) in [5.74, 6) is 1.36. The number of rotatable bonds is 6. The van der Waals surface area contributed by atoms with Gasteiger partial charge in [0, 0.05) is 12.0 Å². The molecule has 7 heteroatoms. The molecule has 1 N–H and O–H groups in total. The summed E-state index contributed by atoms with van der Waals surface area (Å²) < 4.78 is 37.9. The van der Waals surface area contributed by atoms with Gasteiger partial charge in [0.15, 0.2) is 0 Å². The highest BCUT2D eigenvalue weighted by atomic mass is 19.4. The van der Waals surface area contributed by atoms with E-state index in [4.69, 9.17) is 0 Å². The van der Waals surface area contributed by atoms with Gasteiger partial charge in [0.1, 0.15) is 11.5 Å². The lowest BCUT2D eigenvalue weighted by atomic mass is 9.77. The molecule has 0 bridgehead atoms. The average molecular weight is 454 g/mol. The van der Waals surface area contributed by atoms with E-state index in [-0.39, 0.29) is 5.78 Å². The number of ketones is 1. The van der Waals surface area contributed by atoms with Crippen molar-refractivity contribution in [1.29, 1.82) is 0 Å². The third-order valence-electron chi connectivity index (χ3n) is 6.21. The van der Waals surface area contributed by atoms with Crippen molar-refractivity contribution in [2.24, 2.45) is 5.92 Å². The molecule has 2 heterocycles. The summed E-state index contributed by atoms with van der Waals surface area (Å²) in [4.78, 5) is 19.3. The van der Waals surface area contributed by atoms with Gasteiger partial charge in [-0.15, -0.1) is 0 Å². The summed E-state index contributed by atoms with van der Waals surface area (Å²) in [6.07, 6.45) is 3.51. The number of halogens is 3. The highest BCUT2D eigenvalue weighted by molar-refractivity contribution is 5.75. The van der Waals surface area contributed by atoms with Crippen molar-refractivity contribution < 1.29 is 18.0 Å². The van der Waals surface area contributed by atoms with E-state index >= 15 is 0 Å². The van der Waals surface area contributed by atoms with Crippen molar-refractivity contribution in [2.75, 3.05) is 5.32 Å². The van der Waals surface area contributed by atoms with Crippen LogP contribution >= 0.6 is 0 Å². The van der Waals surface area contributed by atoms with Crippen LogP contribution in [0.2, 0.25) is 0 Å². The Labute approximate surface area is 191 Å². The second-order valence-corrected chi connectivity index (χ2v) is 8.73. The fourth-order valence-corrected chi connectivity index (χ4v) is 4.47. The predicted molar refractivity (Wildman–Crippen MR) is 122 cm³/mol. The maximum atomic E-state index is 12.6. The number of alkyl halides is 3. The van der Waals surface area contributed by atoms with E-state index < -0.39 is 11.9 Å². The molecule has 4 rings (SSSR count). The zero-order valence-corrected chi connectivity index (χ0v) is 18.4. The first-order chi connectivity index (χ1) is 15.8. The van der Waals surface area contributed by atoms with Crippen molar-refractivity contribution in [1.82, 2.24) is 9.97 Å². The largest absolute Gasteiger partial charge is 0.433 e. The number of hydrogen-bond donors (Lipinski definition) is 1. The molecule has 1 aromatic carbocycles. The highest BCUT2D eigenvalue weighted by Gasteiger charge is 2.32. The minimum atomic E-state index is -4.45. The number of pyridine rings is 2. The molecule has 0 amide bonds. The Balaban J connectivity index is 1.36. The van der Waals surface area contributed by atoms with E-state index in [2.05, 4.69) is 39.6 Å². The molecule has 33 heavy (non-hydrogen) atoms. The number of carbonyl (C=O) groups excluding carboxylic acids is 1. The number of aromatic nitrogens is 2. The first-order valence-corrected chi connectivity index (χ1v) is 11.1. The van der Waals surface area contributed by atoms with Gasteiger partial charge in [0.2, 0.25) is 0 Å². The highest BCUT2D eigenvalue weighted by Crippen LogP contribution is 2.37. The summed E-state index contributed by atoms with van der Waals surface area (Å²) >= 11 is 0. The Morgan fingerprint density at radius 3 is 2.06 bits per heavy atom. The fourth-order valence-electron chi connectivity index (χ4n) is 4.47. The van der Waals surface area contributed by atoms with Crippen LogP contribution in [0.3, 0.4) is 0 Å². The van der Waals surface area contributed by atoms with Crippen LogP contribution in [0.15, 0.2) is 60.9 Å². The first kappa shape index (κ1) is 23.0. The fraction of sp³-hybridized carbons (Fsp3) is 0.346. The molecule has 1 aliphatic carbocycles. The molecule has 0 radical (unpaired) electrons. The Morgan fingerprint density at radius 2 is 1.55 bits per heavy atom. The maximum Gasteiger partial charge on any atom is 0.433 e. The number of carbonyl (C=O) groups is 1. The monoisotopic (exact) mass is 453 g/mol. The van der Waals surface area contributed by atoms with E-state index in [9.17, 15) is 18.0 Å². The van der Waals surface area contributed by atoms with E-state index in [1.54, 1.807) is 13.1 Å². The Bertz CT molecular complexity index is 1070. The Hall–Kier alpha value is -3.22. The second kappa shape index (κ2) is 9.73. The molecule has 1 fully saturated rings. The van der Waals surface area contributed by atoms with E-state index in [1.165, 1.54) is 11.6 Å². The molecule has 3 aromatic rings. The molecule has 1 saturated carbocycles. The van der Waals surface area contributed by atoms with E-state index in [0.29, 0.717) is 29.6 Å². The van der Waals surface area contributed by atoms with Gasteiger partial charge in [-0.1, -0.05) is 24.3 Å². The molecule has 0 atom stereocenters. The molecule has 0 aliphatic heterocycles. The van der Waals surface area contributed by atoms with Gasteiger partial charge >= 0.3 is 6.18 Å². The number of hydrogen-bond acceptors (Lipinski definition) is 4. The van der Waals surface area contributed by atoms with E-state index in [1.807, 2.05) is 12.1 Å². The van der Waals surface area contributed by atoms with Crippen molar-refractivity contribution >= 4 is 17.2 Å². The lowest BCUT2D eigenvalue weighted by Gasteiger charge is -2.28. The molecule has 172 valence electrons. The topological polar surface area (TPSA) is 54.9 Å². The summed E-state index contributed by atoms with van der Waals surface area (Å²) in [6.45, 7) is 1.67. The van der Waals surface area contributed by atoms with Crippen LogP contribution in [0.25, 0.3) is 11.3 Å². The molecule has 2 aromatic heterocycles. The minimum absolute atomic E-state index is 0.285. The smallest absolute Gasteiger partial charge is 0.353 e. The zero-order chi connectivity index (χ0) is 23.4. The van der Waals surface area contributed by atoms with Crippen molar-refractivity contribution in [3.05, 3.63) is 72.2 Å². The van der Waals surface area contributed by atoms with E-state index in [0.717, 1.165) is 49.2 Å². The van der Waals surface area contributed by atoms with Gasteiger partial charge in [0.25, 0.3) is 0 Å². The van der Waals surface area contributed by atoms with Crippen LogP contribution in [0, 0.1) is 5.92 Å². The molecular formula is C26H26F3N3O.